The number of hydrogen-bond donors (Lipinski definition) is 1. The Balaban J connectivity index is 2.31. The van der Waals surface area contributed by atoms with Crippen molar-refractivity contribution in [3.63, 3.8) is 0 Å². The highest BCUT2D eigenvalue weighted by Gasteiger charge is 2.15. The molecule has 1 rings (SSSR count). The van der Waals surface area contributed by atoms with Crippen molar-refractivity contribution in [1.29, 1.82) is 5.26 Å². The predicted octanol–water partition coefficient (Wildman–Crippen LogP) is 1.64. The maximum absolute atomic E-state index is 9.65. The molecule has 0 saturated heterocycles. The van der Waals surface area contributed by atoms with Gasteiger partial charge in [-0.2, -0.15) is 5.26 Å². The zero-order chi connectivity index (χ0) is 13.6. The van der Waals surface area contributed by atoms with Crippen LogP contribution >= 0.6 is 0 Å². The molecule has 98 valence electrons. The Morgan fingerprint density at radius 2 is 1.94 bits per heavy atom. The van der Waals surface area contributed by atoms with Crippen molar-refractivity contribution in [2.24, 2.45) is 0 Å². The predicted molar refractivity (Wildman–Crippen MR) is 70.4 cm³/mol. The van der Waals surface area contributed by atoms with Gasteiger partial charge in [-0.1, -0.05) is 0 Å². The van der Waals surface area contributed by atoms with Crippen molar-refractivity contribution < 1.29 is 9.84 Å². The van der Waals surface area contributed by atoms with Crippen LogP contribution in [0.2, 0.25) is 0 Å². The van der Waals surface area contributed by atoms with Crippen molar-refractivity contribution in [1.82, 2.24) is 4.90 Å². The van der Waals surface area contributed by atoms with Crippen molar-refractivity contribution in [3.8, 4) is 11.8 Å². The van der Waals surface area contributed by atoms with Crippen LogP contribution in [0.3, 0.4) is 0 Å². The van der Waals surface area contributed by atoms with E-state index in [2.05, 4.69) is 6.07 Å². The van der Waals surface area contributed by atoms with Gasteiger partial charge in [0.2, 0.25) is 0 Å². The van der Waals surface area contributed by atoms with Crippen LogP contribution in [-0.2, 0) is 0 Å². The number of nitrogens with zero attached hydrogens (tertiary/aromatic N) is 2. The van der Waals surface area contributed by atoms with E-state index in [1.807, 2.05) is 11.9 Å². The molecule has 0 bridgehead atoms. The minimum Gasteiger partial charge on any atom is -0.492 e. The molecule has 1 aromatic rings. The van der Waals surface area contributed by atoms with E-state index in [1.54, 1.807) is 38.1 Å². The van der Waals surface area contributed by atoms with Gasteiger partial charge in [-0.15, -0.1) is 0 Å². The molecular weight excluding hydrogens is 228 g/mol. The van der Waals surface area contributed by atoms with Crippen molar-refractivity contribution in [2.45, 2.75) is 19.4 Å². The molecule has 0 atom stereocenters. The Labute approximate surface area is 108 Å². The minimum atomic E-state index is -0.691. The monoisotopic (exact) mass is 248 g/mol. The summed E-state index contributed by atoms with van der Waals surface area (Å²) in [5.74, 6) is 0.755. The maximum atomic E-state index is 9.65. The molecule has 0 saturated carbocycles. The van der Waals surface area contributed by atoms with Crippen molar-refractivity contribution in [3.05, 3.63) is 29.8 Å². The van der Waals surface area contributed by atoms with E-state index in [1.165, 1.54) is 0 Å². The Hall–Kier alpha value is -1.57. The molecule has 0 aliphatic heterocycles. The van der Waals surface area contributed by atoms with E-state index >= 15 is 0 Å². The highest BCUT2D eigenvalue weighted by Crippen LogP contribution is 2.11. The van der Waals surface area contributed by atoms with Gasteiger partial charge in [-0.05, 0) is 45.2 Å². The highest BCUT2D eigenvalue weighted by atomic mass is 16.5. The Morgan fingerprint density at radius 3 is 2.44 bits per heavy atom. The van der Waals surface area contributed by atoms with E-state index in [0.717, 1.165) is 12.3 Å². The fraction of sp³-hybridized carbons (Fsp3) is 0.500. The van der Waals surface area contributed by atoms with Gasteiger partial charge >= 0.3 is 0 Å². The first-order chi connectivity index (χ1) is 8.40. The second-order valence-corrected chi connectivity index (χ2v) is 5.03. The molecule has 1 N–H and O–H groups in total. The largest absolute Gasteiger partial charge is 0.492 e. The first-order valence-electron chi connectivity index (χ1n) is 5.94. The average molecular weight is 248 g/mol. The summed E-state index contributed by atoms with van der Waals surface area (Å²) in [4.78, 5) is 2.02. The van der Waals surface area contributed by atoms with Crippen LogP contribution in [0.25, 0.3) is 0 Å². The highest BCUT2D eigenvalue weighted by molar-refractivity contribution is 5.34. The molecule has 0 spiro atoms. The van der Waals surface area contributed by atoms with Crippen LogP contribution in [-0.4, -0.2) is 42.4 Å². The number of nitriles is 1. The molecule has 0 aromatic heterocycles. The van der Waals surface area contributed by atoms with Gasteiger partial charge in [0.05, 0.1) is 17.2 Å². The zero-order valence-corrected chi connectivity index (χ0v) is 11.2. The summed E-state index contributed by atoms with van der Waals surface area (Å²) < 4.78 is 5.56. The molecule has 0 aliphatic carbocycles. The van der Waals surface area contributed by atoms with Crippen LogP contribution in [0.5, 0.6) is 5.75 Å². The third-order valence-corrected chi connectivity index (χ3v) is 2.38. The lowest BCUT2D eigenvalue weighted by Crippen LogP contribution is -2.38. The van der Waals surface area contributed by atoms with Gasteiger partial charge in [-0.25, -0.2) is 0 Å². The first kappa shape index (κ1) is 14.5. The second kappa shape index (κ2) is 6.39. The molecule has 18 heavy (non-hydrogen) atoms. The van der Waals surface area contributed by atoms with E-state index in [9.17, 15) is 5.11 Å². The fourth-order valence-corrected chi connectivity index (χ4v) is 1.68. The molecule has 0 fully saturated rings. The molecular formula is C14H20N2O2. The summed E-state index contributed by atoms with van der Waals surface area (Å²) in [5.41, 5.74) is -0.0649. The number of ether oxygens (including phenoxy) is 1. The molecule has 0 unspecified atom stereocenters. The molecule has 4 heteroatoms. The first-order valence-corrected chi connectivity index (χ1v) is 5.94. The van der Waals surface area contributed by atoms with Crippen LogP contribution in [0, 0.1) is 11.3 Å². The topological polar surface area (TPSA) is 56.5 Å². The molecule has 0 aliphatic rings. The second-order valence-electron chi connectivity index (χ2n) is 5.03. The fourth-order valence-electron chi connectivity index (χ4n) is 1.68. The number of rotatable bonds is 6. The summed E-state index contributed by atoms with van der Waals surface area (Å²) in [5, 5.41) is 18.3. The third kappa shape index (κ3) is 5.67. The van der Waals surface area contributed by atoms with E-state index in [0.29, 0.717) is 18.7 Å². The van der Waals surface area contributed by atoms with Gasteiger partial charge in [-0.3, -0.25) is 0 Å². The summed E-state index contributed by atoms with van der Waals surface area (Å²) >= 11 is 0. The van der Waals surface area contributed by atoms with Crippen LogP contribution in [0.15, 0.2) is 24.3 Å². The number of benzene rings is 1. The average Bonchev–Trinajstić information content (AvgIpc) is 2.27. The Kier molecular flexibility index (Phi) is 5.14. The maximum Gasteiger partial charge on any atom is 0.119 e. The Morgan fingerprint density at radius 1 is 1.33 bits per heavy atom. The lowest BCUT2D eigenvalue weighted by molar-refractivity contribution is 0.0411. The quantitative estimate of drug-likeness (QED) is 0.831. The Bertz CT molecular complexity index is 401. The standard InChI is InChI=1S/C14H20N2O2/c1-14(2,17)11-16(3)8-9-18-13-6-4-12(10-15)5-7-13/h4-7,17H,8-9,11H2,1-3H3. The van der Waals surface area contributed by atoms with Crippen molar-refractivity contribution in [2.75, 3.05) is 26.7 Å². The van der Waals surface area contributed by atoms with Gasteiger partial charge in [0.15, 0.2) is 0 Å². The van der Waals surface area contributed by atoms with Gasteiger partial charge in [0, 0.05) is 13.1 Å². The van der Waals surface area contributed by atoms with Crippen molar-refractivity contribution >= 4 is 0 Å². The summed E-state index contributed by atoms with van der Waals surface area (Å²) in [6.07, 6.45) is 0. The third-order valence-electron chi connectivity index (χ3n) is 2.38. The number of likely N-dealkylation sites (N-methyl/N-ethyl adjacent to an activating group) is 1. The van der Waals surface area contributed by atoms with Crippen LogP contribution in [0.4, 0.5) is 0 Å². The minimum absolute atomic E-state index is 0.554. The summed E-state index contributed by atoms with van der Waals surface area (Å²) in [7, 11) is 1.94. The van der Waals surface area contributed by atoms with E-state index in [4.69, 9.17) is 10.00 Å². The van der Waals surface area contributed by atoms with Gasteiger partial charge in [0.1, 0.15) is 12.4 Å². The molecule has 0 heterocycles. The summed E-state index contributed by atoms with van der Waals surface area (Å²) in [6.45, 7) is 5.46. The zero-order valence-electron chi connectivity index (χ0n) is 11.2. The van der Waals surface area contributed by atoms with Crippen LogP contribution < -0.4 is 4.74 Å². The van der Waals surface area contributed by atoms with Crippen LogP contribution in [0.1, 0.15) is 19.4 Å². The SMILES string of the molecule is CN(CCOc1ccc(C#N)cc1)CC(C)(C)O. The molecule has 0 amide bonds. The molecule has 4 nitrogen and oxygen atoms in total. The van der Waals surface area contributed by atoms with E-state index < -0.39 is 5.60 Å². The smallest absolute Gasteiger partial charge is 0.119 e. The molecule has 0 radical (unpaired) electrons. The lowest BCUT2D eigenvalue weighted by Gasteiger charge is -2.25. The normalized spacial score (nSPS) is 11.3. The molecule has 1 aromatic carbocycles. The van der Waals surface area contributed by atoms with Gasteiger partial charge in [0.25, 0.3) is 0 Å². The summed E-state index contributed by atoms with van der Waals surface area (Å²) in [6, 6.07) is 9.10. The number of aliphatic hydroxyl groups is 1. The van der Waals surface area contributed by atoms with Gasteiger partial charge < -0.3 is 14.7 Å². The van der Waals surface area contributed by atoms with E-state index in [-0.39, 0.29) is 0 Å². The lowest BCUT2D eigenvalue weighted by atomic mass is 10.1. The number of hydrogen-bond acceptors (Lipinski definition) is 4.